The van der Waals surface area contributed by atoms with Crippen molar-refractivity contribution in [3.8, 4) is 5.75 Å². The number of methoxy groups -OCH3 is 1. The number of hydrogen-bond donors (Lipinski definition) is 1. The molecule has 1 aromatic rings. The van der Waals surface area contributed by atoms with Gasteiger partial charge >= 0.3 is 0 Å². The fourth-order valence-corrected chi connectivity index (χ4v) is 2.16. The van der Waals surface area contributed by atoms with Crippen molar-refractivity contribution in [3.63, 3.8) is 0 Å². The summed E-state index contributed by atoms with van der Waals surface area (Å²) in [6.07, 6.45) is 0.970. The van der Waals surface area contributed by atoms with E-state index in [0.717, 1.165) is 26.1 Å². The normalized spacial score (nSPS) is 15.0. The van der Waals surface area contributed by atoms with E-state index < -0.39 is 0 Å². The van der Waals surface area contributed by atoms with Crippen LogP contribution in [0.1, 0.15) is 23.7 Å². The van der Waals surface area contributed by atoms with E-state index >= 15 is 0 Å². The standard InChI is InChI=1S/C14H20N2O2/c1-3-8-16(11-9-15-10-11)14(17)12-6-4-5-7-13(12)18-2/h4-7,11,15H,3,8-10H2,1-2H3. The third-order valence-corrected chi connectivity index (χ3v) is 3.26. The first-order valence-corrected chi connectivity index (χ1v) is 6.42. The smallest absolute Gasteiger partial charge is 0.257 e. The van der Waals surface area contributed by atoms with Crippen LogP contribution in [-0.2, 0) is 0 Å². The number of para-hydroxylation sites is 1. The van der Waals surface area contributed by atoms with Crippen molar-refractivity contribution in [2.24, 2.45) is 0 Å². The van der Waals surface area contributed by atoms with Gasteiger partial charge in [0.15, 0.2) is 0 Å². The van der Waals surface area contributed by atoms with Crippen LogP contribution in [0.4, 0.5) is 0 Å². The molecule has 0 aromatic heterocycles. The van der Waals surface area contributed by atoms with Crippen LogP contribution < -0.4 is 10.1 Å². The predicted molar refractivity (Wildman–Crippen MR) is 71.0 cm³/mol. The van der Waals surface area contributed by atoms with Gasteiger partial charge in [-0.05, 0) is 18.6 Å². The van der Waals surface area contributed by atoms with Crippen LogP contribution in [0.5, 0.6) is 5.75 Å². The first kappa shape index (κ1) is 12.9. The van der Waals surface area contributed by atoms with Gasteiger partial charge in [0, 0.05) is 19.6 Å². The summed E-state index contributed by atoms with van der Waals surface area (Å²) in [7, 11) is 1.60. The number of nitrogens with zero attached hydrogens (tertiary/aromatic N) is 1. The Labute approximate surface area is 108 Å². The Bertz CT molecular complexity index is 416. The summed E-state index contributed by atoms with van der Waals surface area (Å²) >= 11 is 0. The van der Waals surface area contributed by atoms with E-state index in [1.807, 2.05) is 29.2 Å². The minimum absolute atomic E-state index is 0.0702. The molecule has 0 unspecified atom stereocenters. The van der Waals surface area contributed by atoms with Crippen LogP contribution in [0.3, 0.4) is 0 Å². The molecule has 1 heterocycles. The summed E-state index contributed by atoms with van der Waals surface area (Å²) in [6, 6.07) is 7.73. The van der Waals surface area contributed by atoms with Gasteiger partial charge < -0.3 is 15.0 Å². The fourth-order valence-electron chi connectivity index (χ4n) is 2.16. The molecule has 4 nitrogen and oxygen atoms in total. The zero-order valence-electron chi connectivity index (χ0n) is 11.0. The monoisotopic (exact) mass is 248 g/mol. The zero-order chi connectivity index (χ0) is 13.0. The molecule has 1 amide bonds. The summed E-state index contributed by atoms with van der Waals surface area (Å²) < 4.78 is 5.26. The van der Waals surface area contributed by atoms with Gasteiger partial charge in [0.2, 0.25) is 0 Å². The lowest BCUT2D eigenvalue weighted by Gasteiger charge is -2.38. The first-order valence-electron chi connectivity index (χ1n) is 6.42. The van der Waals surface area contributed by atoms with Crippen molar-refractivity contribution in [1.82, 2.24) is 10.2 Å². The molecule has 1 N–H and O–H groups in total. The Morgan fingerprint density at radius 2 is 2.17 bits per heavy atom. The number of benzene rings is 1. The van der Waals surface area contributed by atoms with Crippen LogP contribution in [0.15, 0.2) is 24.3 Å². The molecule has 98 valence electrons. The molecule has 0 spiro atoms. The highest BCUT2D eigenvalue weighted by atomic mass is 16.5. The van der Waals surface area contributed by atoms with E-state index in [2.05, 4.69) is 12.2 Å². The number of nitrogens with one attached hydrogen (secondary N) is 1. The van der Waals surface area contributed by atoms with Gasteiger partial charge in [-0.3, -0.25) is 4.79 Å². The van der Waals surface area contributed by atoms with E-state index in [-0.39, 0.29) is 5.91 Å². The fraction of sp³-hybridized carbons (Fsp3) is 0.500. The largest absolute Gasteiger partial charge is 0.496 e. The SMILES string of the molecule is CCCN(C(=O)c1ccccc1OC)C1CNC1. The topological polar surface area (TPSA) is 41.6 Å². The second-order valence-electron chi connectivity index (χ2n) is 4.51. The third-order valence-electron chi connectivity index (χ3n) is 3.26. The lowest BCUT2D eigenvalue weighted by Crippen LogP contribution is -2.59. The Morgan fingerprint density at radius 1 is 1.44 bits per heavy atom. The third kappa shape index (κ3) is 2.48. The summed E-state index contributed by atoms with van der Waals surface area (Å²) in [4.78, 5) is 14.5. The van der Waals surface area contributed by atoms with Gasteiger partial charge in [-0.2, -0.15) is 0 Å². The van der Waals surface area contributed by atoms with Crippen molar-refractivity contribution in [1.29, 1.82) is 0 Å². The molecular formula is C14H20N2O2. The van der Waals surface area contributed by atoms with Crippen molar-refractivity contribution in [3.05, 3.63) is 29.8 Å². The number of amides is 1. The van der Waals surface area contributed by atoms with E-state index in [4.69, 9.17) is 4.74 Å². The van der Waals surface area contributed by atoms with Crippen molar-refractivity contribution >= 4 is 5.91 Å². The number of ether oxygens (including phenoxy) is 1. The van der Waals surface area contributed by atoms with Crippen LogP contribution in [0.25, 0.3) is 0 Å². The lowest BCUT2D eigenvalue weighted by atomic mass is 10.1. The molecule has 1 fully saturated rings. The minimum Gasteiger partial charge on any atom is -0.496 e. The van der Waals surface area contributed by atoms with E-state index in [9.17, 15) is 4.79 Å². The molecule has 1 saturated heterocycles. The molecule has 0 atom stereocenters. The number of rotatable bonds is 5. The van der Waals surface area contributed by atoms with E-state index in [1.54, 1.807) is 7.11 Å². The van der Waals surface area contributed by atoms with Crippen molar-refractivity contribution in [2.45, 2.75) is 19.4 Å². The summed E-state index contributed by atoms with van der Waals surface area (Å²) in [5.41, 5.74) is 0.653. The second-order valence-corrected chi connectivity index (χ2v) is 4.51. The van der Waals surface area contributed by atoms with E-state index in [1.165, 1.54) is 0 Å². The van der Waals surface area contributed by atoms with Crippen LogP contribution >= 0.6 is 0 Å². The average molecular weight is 248 g/mol. The second kappa shape index (κ2) is 5.87. The Balaban J connectivity index is 2.21. The summed E-state index contributed by atoms with van der Waals surface area (Å²) in [5.74, 6) is 0.719. The quantitative estimate of drug-likeness (QED) is 0.859. The Kier molecular flexibility index (Phi) is 4.20. The molecule has 0 aliphatic carbocycles. The first-order chi connectivity index (χ1) is 8.77. The Hall–Kier alpha value is -1.55. The predicted octanol–water partition coefficient (Wildman–Crippen LogP) is 1.52. The summed E-state index contributed by atoms with van der Waals surface area (Å²) in [6.45, 7) is 4.67. The number of hydrogen-bond acceptors (Lipinski definition) is 3. The molecule has 2 rings (SSSR count). The zero-order valence-corrected chi connectivity index (χ0v) is 11.0. The molecule has 0 bridgehead atoms. The maximum Gasteiger partial charge on any atom is 0.257 e. The van der Waals surface area contributed by atoms with Crippen molar-refractivity contribution < 1.29 is 9.53 Å². The number of carbonyl (C=O) groups excluding carboxylic acids is 1. The minimum atomic E-state index is 0.0702. The van der Waals surface area contributed by atoms with E-state index in [0.29, 0.717) is 17.4 Å². The van der Waals surface area contributed by atoms with Crippen LogP contribution in [-0.4, -0.2) is 43.6 Å². The highest BCUT2D eigenvalue weighted by molar-refractivity contribution is 5.97. The number of carbonyl (C=O) groups is 1. The molecular weight excluding hydrogens is 228 g/mol. The van der Waals surface area contributed by atoms with Gasteiger partial charge in [-0.25, -0.2) is 0 Å². The molecule has 0 saturated carbocycles. The van der Waals surface area contributed by atoms with Gasteiger partial charge in [0.1, 0.15) is 5.75 Å². The summed E-state index contributed by atoms with van der Waals surface area (Å²) in [5, 5.41) is 3.21. The van der Waals surface area contributed by atoms with Crippen LogP contribution in [0.2, 0.25) is 0 Å². The highest BCUT2D eigenvalue weighted by Gasteiger charge is 2.29. The van der Waals surface area contributed by atoms with Crippen LogP contribution in [0, 0.1) is 0 Å². The molecule has 1 aliphatic rings. The molecule has 0 radical (unpaired) electrons. The maximum atomic E-state index is 12.6. The maximum absolute atomic E-state index is 12.6. The van der Waals surface area contributed by atoms with Gasteiger partial charge in [0.25, 0.3) is 5.91 Å². The van der Waals surface area contributed by atoms with Gasteiger partial charge in [-0.1, -0.05) is 19.1 Å². The lowest BCUT2D eigenvalue weighted by molar-refractivity contribution is 0.0612. The highest BCUT2D eigenvalue weighted by Crippen LogP contribution is 2.21. The Morgan fingerprint density at radius 3 is 2.72 bits per heavy atom. The van der Waals surface area contributed by atoms with Gasteiger partial charge in [0.05, 0.1) is 18.7 Å². The molecule has 1 aliphatic heterocycles. The average Bonchev–Trinajstić information content (AvgIpc) is 2.35. The van der Waals surface area contributed by atoms with Gasteiger partial charge in [-0.15, -0.1) is 0 Å². The molecule has 18 heavy (non-hydrogen) atoms. The van der Waals surface area contributed by atoms with Crippen molar-refractivity contribution in [2.75, 3.05) is 26.7 Å². The molecule has 1 aromatic carbocycles. The molecule has 4 heteroatoms.